The third-order valence-electron chi connectivity index (χ3n) is 4.77. The van der Waals surface area contributed by atoms with Crippen molar-refractivity contribution in [1.29, 1.82) is 0 Å². The molecule has 0 radical (unpaired) electrons. The minimum Gasteiger partial charge on any atom is -0.497 e. The Morgan fingerprint density at radius 2 is 1.84 bits per heavy atom. The maximum Gasteiger partial charge on any atom is 0.242 e. The quantitative estimate of drug-likeness (QED) is 0.309. The summed E-state index contributed by atoms with van der Waals surface area (Å²) in [6, 6.07) is 22.1. The zero-order valence-corrected chi connectivity index (χ0v) is 17.9. The molecule has 0 bridgehead atoms. The average molecular weight is 432 g/mol. The van der Waals surface area contributed by atoms with Gasteiger partial charge in [-0.05, 0) is 36.8 Å². The van der Waals surface area contributed by atoms with Crippen molar-refractivity contribution in [2.45, 2.75) is 17.3 Å². The van der Waals surface area contributed by atoms with Gasteiger partial charge in [-0.1, -0.05) is 54.2 Å². The summed E-state index contributed by atoms with van der Waals surface area (Å²) in [6.07, 6.45) is 0. The Morgan fingerprint density at radius 1 is 1.03 bits per heavy atom. The number of amides is 1. The molecule has 0 saturated heterocycles. The lowest BCUT2D eigenvalue weighted by Crippen LogP contribution is -2.19. The van der Waals surface area contributed by atoms with Crippen LogP contribution >= 0.6 is 11.8 Å². The van der Waals surface area contributed by atoms with Gasteiger partial charge < -0.3 is 15.0 Å². The number of hydrogen-bond donors (Lipinski definition) is 2. The summed E-state index contributed by atoms with van der Waals surface area (Å²) >= 11 is 1.33. The zero-order chi connectivity index (χ0) is 21.8. The van der Waals surface area contributed by atoms with E-state index in [4.69, 9.17) is 4.74 Å². The number of carbonyl (C=O) groups excluding carboxylic acids is 2. The van der Waals surface area contributed by atoms with Gasteiger partial charge in [0.15, 0.2) is 10.9 Å². The van der Waals surface area contributed by atoms with Gasteiger partial charge in [0.1, 0.15) is 11.0 Å². The molecule has 0 saturated carbocycles. The van der Waals surface area contributed by atoms with Crippen molar-refractivity contribution >= 4 is 40.2 Å². The lowest BCUT2D eigenvalue weighted by Gasteiger charge is -2.16. The van der Waals surface area contributed by atoms with Crippen molar-refractivity contribution in [2.24, 2.45) is 0 Å². The second-order valence-corrected chi connectivity index (χ2v) is 8.05. The summed E-state index contributed by atoms with van der Waals surface area (Å²) in [5.41, 5.74) is 3.61. The van der Waals surface area contributed by atoms with Crippen LogP contribution in [-0.2, 0) is 4.79 Å². The van der Waals surface area contributed by atoms with Crippen molar-refractivity contribution in [3.63, 3.8) is 0 Å². The van der Waals surface area contributed by atoms with Crippen LogP contribution in [0.15, 0.2) is 78.0 Å². The highest BCUT2D eigenvalue weighted by Gasteiger charge is 2.24. The Bertz CT molecular complexity index is 1240. The summed E-state index contributed by atoms with van der Waals surface area (Å²) in [4.78, 5) is 32.8. The van der Waals surface area contributed by atoms with Crippen molar-refractivity contribution in [3.8, 4) is 5.75 Å². The zero-order valence-electron chi connectivity index (χ0n) is 17.1. The molecule has 3 aromatic carbocycles. The van der Waals surface area contributed by atoms with Gasteiger partial charge in [0.25, 0.3) is 0 Å². The Morgan fingerprint density at radius 3 is 2.58 bits per heavy atom. The van der Waals surface area contributed by atoms with Crippen LogP contribution in [0.4, 0.5) is 5.69 Å². The first-order valence-electron chi connectivity index (χ1n) is 9.71. The number of anilines is 1. The molecule has 0 aliphatic rings. The van der Waals surface area contributed by atoms with Gasteiger partial charge in [0.2, 0.25) is 5.91 Å². The van der Waals surface area contributed by atoms with Crippen LogP contribution in [0.3, 0.4) is 0 Å². The van der Waals surface area contributed by atoms with E-state index in [1.165, 1.54) is 18.7 Å². The fraction of sp³-hybridized carbons (Fsp3) is 0.125. The van der Waals surface area contributed by atoms with E-state index in [-0.39, 0.29) is 11.7 Å². The number of hydrogen-bond acceptors (Lipinski definition) is 5. The molecule has 4 rings (SSSR count). The molecule has 1 unspecified atom stereocenters. The number of fused-ring (bicyclic) bond motifs is 1. The number of imidazole rings is 1. The van der Waals surface area contributed by atoms with E-state index >= 15 is 0 Å². The third-order valence-corrected chi connectivity index (χ3v) is 5.91. The Labute approximate surface area is 184 Å². The first-order valence-corrected chi connectivity index (χ1v) is 10.6. The monoisotopic (exact) mass is 431 g/mol. The molecule has 1 aromatic heterocycles. The van der Waals surface area contributed by atoms with Crippen molar-refractivity contribution in [2.75, 3.05) is 12.4 Å². The normalized spacial score (nSPS) is 11.8. The average Bonchev–Trinajstić information content (AvgIpc) is 3.19. The number of ether oxygens (including phenoxy) is 1. The van der Waals surface area contributed by atoms with Crippen LogP contribution in [0.1, 0.15) is 28.1 Å². The summed E-state index contributed by atoms with van der Waals surface area (Å²) in [5.74, 6) is 0.480. The minimum absolute atomic E-state index is 0.0530. The highest BCUT2D eigenvalue weighted by atomic mass is 32.2. The molecule has 6 nitrogen and oxygen atoms in total. The first-order chi connectivity index (χ1) is 15.0. The second-order valence-electron chi connectivity index (χ2n) is 6.96. The molecule has 0 aliphatic heterocycles. The summed E-state index contributed by atoms with van der Waals surface area (Å²) in [6.45, 7) is 1.50. The molecule has 1 heterocycles. The molecule has 0 aliphatic carbocycles. The van der Waals surface area contributed by atoms with Gasteiger partial charge in [0.05, 0.1) is 18.1 Å². The van der Waals surface area contributed by atoms with Gasteiger partial charge >= 0.3 is 0 Å². The molecule has 0 spiro atoms. The van der Waals surface area contributed by atoms with E-state index in [1.807, 2.05) is 48.5 Å². The minimum atomic E-state index is -0.537. The Hall–Kier alpha value is -3.58. The highest BCUT2D eigenvalue weighted by molar-refractivity contribution is 8.00. The van der Waals surface area contributed by atoms with Crippen molar-refractivity contribution < 1.29 is 14.3 Å². The smallest absolute Gasteiger partial charge is 0.242 e. The predicted molar refractivity (Wildman–Crippen MR) is 123 cm³/mol. The molecule has 1 amide bonds. The number of rotatable bonds is 7. The van der Waals surface area contributed by atoms with Crippen LogP contribution in [-0.4, -0.2) is 28.8 Å². The predicted octanol–water partition coefficient (Wildman–Crippen LogP) is 5.25. The van der Waals surface area contributed by atoms with Crippen LogP contribution in [0, 0.1) is 0 Å². The number of carbonyl (C=O) groups is 2. The molecule has 2 N–H and O–H groups in total. The molecule has 7 heteroatoms. The van der Waals surface area contributed by atoms with Crippen LogP contribution in [0.5, 0.6) is 5.75 Å². The molecule has 0 fully saturated rings. The van der Waals surface area contributed by atoms with E-state index in [9.17, 15) is 9.59 Å². The lowest BCUT2D eigenvalue weighted by atomic mass is 10.1. The van der Waals surface area contributed by atoms with Gasteiger partial charge in [-0.2, -0.15) is 0 Å². The number of ketones is 1. The summed E-state index contributed by atoms with van der Waals surface area (Å²) < 4.78 is 5.27. The van der Waals surface area contributed by atoms with Gasteiger partial charge in [-0.15, -0.1) is 0 Å². The van der Waals surface area contributed by atoms with Gasteiger partial charge in [0, 0.05) is 17.3 Å². The van der Waals surface area contributed by atoms with Crippen molar-refractivity contribution in [3.05, 3.63) is 83.9 Å². The molecule has 4 aromatic rings. The van der Waals surface area contributed by atoms with Crippen molar-refractivity contribution in [1.82, 2.24) is 9.97 Å². The lowest BCUT2D eigenvalue weighted by molar-refractivity contribution is -0.115. The van der Waals surface area contributed by atoms with E-state index in [0.717, 1.165) is 22.3 Å². The van der Waals surface area contributed by atoms with Crippen LogP contribution in [0.2, 0.25) is 0 Å². The number of nitrogens with zero attached hydrogens (tertiary/aromatic N) is 1. The van der Waals surface area contributed by atoms with E-state index < -0.39 is 5.25 Å². The van der Waals surface area contributed by atoms with E-state index in [2.05, 4.69) is 15.3 Å². The SMILES string of the molecule is COc1ccc2nc(SC(C(=O)Nc3cccc(C(C)=O)c3)c3ccccc3)[nH]c2c1. The summed E-state index contributed by atoms with van der Waals surface area (Å²) in [7, 11) is 1.62. The van der Waals surface area contributed by atoms with Gasteiger partial charge in [-0.3, -0.25) is 9.59 Å². The maximum absolute atomic E-state index is 13.2. The van der Waals surface area contributed by atoms with Gasteiger partial charge in [-0.25, -0.2) is 4.98 Å². The largest absolute Gasteiger partial charge is 0.497 e. The number of Topliss-reactive ketones (excluding diaryl/α,β-unsaturated/α-hetero) is 1. The fourth-order valence-corrected chi connectivity index (χ4v) is 4.19. The Kier molecular flexibility index (Phi) is 6.04. The fourth-order valence-electron chi connectivity index (χ4n) is 3.18. The molecule has 156 valence electrons. The highest BCUT2D eigenvalue weighted by Crippen LogP contribution is 2.36. The Balaban J connectivity index is 1.62. The number of thioether (sulfide) groups is 1. The topological polar surface area (TPSA) is 84.1 Å². The van der Waals surface area contributed by atoms with Crippen LogP contribution in [0.25, 0.3) is 11.0 Å². The standard InChI is InChI=1S/C24H21N3O3S/c1-15(28)17-9-6-10-18(13-17)25-23(29)22(16-7-4-3-5-8-16)31-24-26-20-12-11-19(30-2)14-21(20)27-24/h3-14,22H,1-2H3,(H,25,29)(H,26,27). The number of nitrogens with one attached hydrogen (secondary N) is 2. The van der Waals surface area contributed by atoms with E-state index in [1.54, 1.807) is 31.4 Å². The summed E-state index contributed by atoms with van der Waals surface area (Å²) in [5, 5.41) is 3.03. The number of aromatic nitrogens is 2. The molecule has 31 heavy (non-hydrogen) atoms. The first kappa shape index (κ1) is 20.7. The second kappa shape index (κ2) is 9.06. The third kappa shape index (κ3) is 4.78. The maximum atomic E-state index is 13.2. The van der Waals surface area contributed by atoms with Crippen LogP contribution < -0.4 is 10.1 Å². The molecule has 1 atom stereocenters. The molecular formula is C24H21N3O3S. The number of methoxy groups -OCH3 is 1. The number of benzene rings is 3. The number of aromatic amines is 1. The molecular weight excluding hydrogens is 410 g/mol. The number of H-pyrrole nitrogens is 1. The van der Waals surface area contributed by atoms with E-state index in [0.29, 0.717) is 16.4 Å².